The van der Waals surface area contributed by atoms with Crippen molar-refractivity contribution in [3.8, 4) is 5.75 Å². The summed E-state index contributed by atoms with van der Waals surface area (Å²) < 4.78 is 5.29. The minimum atomic E-state index is -0.158. The van der Waals surface area contributed by atoms with Crippen LogP contribution in [-0.4, -0.2) is 19.2 Å². The van der Waals surface area contributed by atoms with E-state index in [2.05, 4.69) is 23.6 Å². The van der Waals surface area contributed by atoms with E-state index < -0.39 is 0 Å². The Labute approximate surface area is 109 Å². The number of urea groups is 1. The Balaban J connectivity index is 2.67. The largest absolute Gasteiger partial charge is 0.496 e. The first kappa shape index (κ1) is 14.4. The normalized spacial score (nSPS) is 10.3. The summed E-state index contributed by atoms with van der Waals surface area (Å²) in [5.41, 5.74) is 2.23. The molecule has 1 aromatic rings. The Morgan fingerprint density at radius 3 is 2.67 bits per heavy atom. The second-order valence-electron chi connectivity index (χ2n) is 4.48. The van der Waals surface area contributed by atoms with Crippen LogP contribution in [0.1, 0.15) is 31.9 Å². The third-order valence-electron chi connectivity index (χ3n) is 2.61. The minimum Gasteiger partial charge on any atom is -0.496 e. The van der Waals surface area contributed by atoms with Crippen LogP contribution in [0, 0.1) is 0 Å². The lowest BCUT2D eigenvalue weighted by atomic mass is 10.1. The summed E-state index contributed by atoms with van der Waals surface area (Å²) in [5.74, 6) is 0.803. The van der Waals surface area contributed by atoms with Crippen LogP contribution >= 0.6 is 0 Å². The van der Waals surface area contributed by atoms with Gasteiger partial charge in [0.2, 0.25) is 0 Å². The zero-order valence-corrected chi connectivity index (χ0v) is 11.5. The van der Waals surface area contributed by atoms with E-state index in [1.807, 2.05) is 26.0 Å². The molecule has 0 spiro atoms. The number of aryl methyl sites for hydroxylation is 1. The van der Waals surface area contributed by atoms with Gasteiger partial charge in [-0.2, -0.15) is 0 Å². The Bertz CT molecular complexity index is 403. The lowest BCUT2D eigenvalue weighted by Gasteiger charge is -2.13. The van der Waals surface area contributed by atoms with Crippen molar-refractivity contribution < 1.29 is 9.53 Å². The van der Waals surface area contributed by atoms with Gasteiger partial charge in [-0.3, -0.25) is 0 Å². The monoisotopic (exact) mass is 250 g/mol. The van der Waals surface area contributed by atoms with Crippen LogP contribution in [0.3, 0.4) is 0 Å². The van der Waals surface area contributed by atoms with E-state index in [4.69, 9.17) is 4.74 Å². The molecule has 0 aliphatic rings. The standard InChI is InChI=1S/C14H22N2O2/c1-5-11-6-7-13(18-4)12(8-11)9-15-14(17)16-10(2)3/h6-8,10H,5,9H2,1-4H3,(H2,15,16,17). The highest BCUT2D eigenvalue weighted by Crippen LogP contribution is 2.19. The SMILES string of the molecule is CCc1ccc(OC)c(CNC(=O)NC(C)C)c1. The van der Waals surface area contributed by atoms with E-state index in [0.717, 1.165) is 17.7 Å². The van der Waals surface area contributed by atoms with Crippen LogP contribution in [-0.2, 0) is 13.0 Å². The molecule has 2 N–H and O–H groups in total. The van der Waals surface area contributed by atoms with Crippen molar-refractivity contribution in [3.63, 3.8) is 0 Å². The molecule has 4 nitrogen and oxygen atoms in total. The van der Waals surface area contributed by atoms with Gasteiger partial charge in [0.1, 0.15) is 5.75 Å². The van der Waals surface area contributed by atoms with Gasteiger partial charge < -0.3 is 15.4 Å². The van der Waals surface area contributed by atoms with Gasteiger partial charge in [0.15, 0.2) is 0 Å². The van der Waals surface area contributed by atoms with E-state index in [0.29, 0.717) is 6.54 Å². The molecule has 0 aliphatic carbocycles. The van der Waals surface area contributed by atoms with Crippen LogP contribution in [0.25, 0.3) is 0 Å². The summed E-state index contributed by atoms with van der Waals surface area (Å²) in [5, 5.41) is 5.61. The molecule has 0 fully saturated rings. The minimum absolute atomic E-state index is 0.133. The van der Waals surface area contributed by atoms with Crippen LogP contribution in [0.4, 0.5) is 4.79 Å². The zero-order chi connectivity index (χ0) is 13.5. The van der Waals surface area contributed by atoms with Crippen molar-refractivity contribution in [1.29, 1.82) is 0 Å². The average Bonchev–Trinajstić information content (AvgIpc) is 2.35. The summed E-state index contributed by atoms with van der Waals surface area (Å²) in [6.45, 7) is 6.43. The highest BCUT2D eigenvalue weighted by atomic mass is 16.5. The molecule has 0 unspecified atom stereocenters. The molecular formula is C14H22N2O2. The second kappa shape index (κ2) is 6.89. The fraction of sp³-hybridized carbons (Fsp3) is 0.500. The Morgan fingerprint density at radius 2 is 2.11 bits per heavy atom. The van der Waals surface area contributed by atoms with Crippen LogP contribution < -0.4 is 15.4 Å². The number of methoxy groups -OCH3 is 1. The van der Waals surface area contributed by atoms with Gasteiger partial charge in [0.25, 0.3) is 0 Å². The molecule has 18 heavy (non-hydrogen) atoms. The lowest BCUT2D eigenvalue weighted by molar-refractivity contribution is 0.238. The van der Waals surface area contributed by atoms with Gasteiger partial charge in [-0.25, -0.2) is 4.79 Å². The number of rotatable bonds is 5. The number of hydrogen-bond donors (Lipinski definition) is 2. The fourth-order valence-corrected chi connectivity index (χ4v) is 1.68. The van der Waals surface area contributed by atoms with Crippen molar-refractivity contribution in [2.24, 2.45) is 0 Å². The maximum atomic E-state index is 11.5. The molecule has 0 aromatic heterocycles. The molecule has 2 amide bonds. The molecule has 100 valence electrons. The number of hydrogen-bond acceptors (Lipinski definition) is 2. The molecule has 0 saturated heterocycles. The third-order valence-corrected chi connectivity index (χ3v) is 2.61. The van der Waals surface area contributed by atoms with Gasteiger partial charge in [0, 0.05) is 18.2 Å². The van der Waals surface area contributed by atoms with E-state index >= 15 is 0 Å². The van der Waals surface area contributed by atoms with E-state index in [1.165, 1.54) is 5.56 Å². The first-order chi connectivity index (χ1) is 8.56. The molecule has 0 radical (unpaired) electrons. The predicted octanol–water partition coefficient (Wildman–Crippen LogP) is 2.47. The quantitative estimate of drug-likeness (QED) is 0.843. The predicted molar refractivity (Wildman–Crippen MR) is 72.9 cm³/mol. The molecule has 4 heteroatoms. The highest BCUT2D eigenvalue weighted by Gasteiger charge is 2.07. The van der Waals surface area contributed by atoms with Crippen molar-refractivity contribution in [2.75, 3.05) is 7.11 Å². The molecular weight excluding hydrogens is 228 g/mol. The first-order valence-electron chi connectivity index (χ1n) is 6.27. The number of ether oxygens (including phenoxy) is 1. The van der Waals surface area contributed by atoms with E-state index in [-0.39, 0.29) is 12.1 Å². The number of carbonyl (C=O) groups is 1. The molecule has 0 atom stereocenters. The molecule has 0 saturated carbocycles. The van der Waals surface area contributed by atoms with E-state index in [1.54, 1.807) is 7.11 Å². The smallest absolute Gasteiger partial charge is 0.315 e. The zero-order valence-electron chi connectivity index (χ0n) is 11.5. The molecule has 1 aromatic carbocycles. The molecule has 0 aliphatic heterocycles. The summed E-state index contributed by atoms with van der Waals surface area (Å²) in [6, 6.07) is 6.02. The van der Waals surface area contributed by atoms with Gasteiger partial charge in [0.05, 0.1) is 7.11 Å². The van der Waals surface area contributed by atoms with Gasteiger partial charge in [-0.15, -0.1) is 0 Å². The van der Waals surface area contributed by atoms with Crippen molar-refractivity contribution in [1.82, 2.24) is 10.6 Å². The van der Waals surface area contributed by atoms with E-state index in [9.17, 15) is 4.79 Å². The van der Waals surface area contributed by atoms with Crippen molar-refractivity contribution in [3.05, 3.63) is 29.3 Å². The molecule has 0 bridgehead atoms. The van der Waals surface area contributed by atoms with Gasteiger partial charge in [-0.1, -0.05) is 19.1 Å². The topological polar surface area (TPSA) is 50.4 Å². The number of carbonyl (C=O) groups excluding carboxylic acids is 1. The number of nitrogens with one attached hydrogen (secondary N) is 2. The average molecular weight is 250 g/mol. The Kier molecular flexibility index (Phi) is 5.49. The van der Waals surface area contributed by atoms with Crippen LogP contribution in [0.5, 0.6) is 5.75 Å². The van der Waals surface area contributed by atoms with Gasteiger partial charge in [-0.05, 0) is 31.9 Å². The summed E-state index contributed by atoms with van der Waals surface area (Å²) >= 11 is 0. The number of benzene rings is 1. The maximum absolute atomic E-state index is 11.5. The number of amides is 2. The summed E-state index contributed by atoms with van der Waals surface area (Å²) in [4.78, 5) is 11.5. The molecule has 0 heterocycles. The highest BCUT2D eigenvalue weighted by molar-refractivity contribution is 5.74. The Hall–Kier alpha value is -1.71. The summed E-state index contributed by atoms with van der Waals surface area (Å²) in [7, 11) is 1.64. The fourth-order valence-electron chi connectivity index (χ4n) is 1.68. The summed E-state index contributed by atoms with van der Waals surface area (Å²) in [6.07, 6.45) is 0.967. The first-order valence-corrected chi connectivity index (χ1v) is 6.27. The van der Waals surface area contributed by atoms with Crippen LogP contribution in [0.15, 0.2) is 18.2 Å². The Morgan fingerprint density at radius 1 is 1.39 bits per heavy atom. The van der Waals surface area contributed by atoms with Gasteiger partial charge >= 0.3 is 6.03 Å². The second-order valence-corrected chi connectivity index (χ2v) is 4.48. The van der Waals surface area contributed by atoms with Crippen LogP contribution in [0.2, 0.25) is 0 Å². The lowest BCUT2D eigenvalue weighted by Crippen LogP contribution is -2.39. The van der Waals surface area contributed by atoms with Crippen molar-refractivity contribution >= 4 is 6.03 Å². The molecule has 1 rings (SSSR count). The maximum Gasteiger partial charge on any atom is 0.315 e. The third kappa shape index (κ3) is 4.28. The van der Waals surface area contributed by atoms with Crippen molar-refractivity contribution in [2.45, 2.75) is 39.8 Å².